The molecule has 0 spiro atoms. The normalized spacial score (nSPS) is 11.4. The van der Waals surface area contributed by atoms with Crippen LogP contribution < -0.4 is 5.56 Å². The molecule has 2 heterocycles. The molecule has 19 heavy (non-hydrogen) atoms. The van der Waals surface area contributed by atoms with E-state index in [-0.39, 0.29) is 5.56 Å². The number of aromatic nitrogens is 4. The van der Waals surface area contributed by atoms with E-state index in [1.165, 1.54) is 10.7 Å². The second kappa shape index (κ2) is 5.01. The summed E-state index contributed by atoms with van der Waals surface area (Å²) in [4.78, 5) is 16.8. The van der Waals surface area contributed by atoms with Gasteiger partial charge in [-0.25, -0.2) is 14.1 Å². The highest BCUT2D eigenvalue weighted by atomic mass is 35.5. The van der Waals surface area contributed by atoms with Gasteiger partial charge in [0, 0.05) is 12.4 Å². The van der Waals surface area contributed by atoms with Crippen molar-refractivity contribution < 1.29 is 0 Å². The van der Waals surface area contributed by atoms with E-state index in [9.17, 15) is 4.79 Å². The van der Waals surface area contributed by atoms with E-state index in [1.807, 2.05) is 18.2 Å². The molecule has 0 aliphatic heterocycles. The number of nitrogens with zero attached hydrogens (tertiary/aromatic N) is 4. The second-order valence-electron chi connectivity index (χ2n) is 4.35. The molecule has 0 fully saturated rings. The van der Waals surface area contributed by atoms with E-state index in [1.54, 1.807) is 10.7 Å². The predicted octanol–water partition coefficient (Wildman–Crippen LogP) is 2.06. The number of benzene rings is 1. The topological polar surface area (TPSA) is 52.2 Å². The minimum Gasteiger partial charge on any atom is -0.268 e. The molecule has 0 N–H and O–H groups in total. The number of unbranched alkanes of at least 4 members (excludes halogenated alkanes) is 1. The Morgan fingerprint density at radius 1 is 1.21 bits per heavy atom. The molecule has 3 aromatic rings. The van der Waals surface area contributed by atoms with E-state index in [4.69, 9.17) is 11.6 Å². The maximum absolute atomic E-state index is 12.3. The third kappa shape index (κ3) is 2.10. The average Bonchev–Trinajstić information content (AvgIpc) is 2.83. The Morgan fingerprint density at radius 2 is 2.05 bits per heavy atom. The highest BCUT2D eigenvalue weighted by Crippen LogP contribution is 2.09. The van der Waals surface area contributed by atoms with Gasteiger partial charge in [0.05, 0.1) is 10.9 Å². The number of aryl methyl sites for hydroxylation is 1. The van der Waals surface area contributed by atoms with Crippen LogP contribution in [0, 0.1) is 0 Å². The highest BCUT2D eigenvalue weighted by Gasteiger charge is 2.09. The van der Waals surface area contributed by atoms with Gasteiger partial charge in [-0.3, -0.25) is 4.79 Å². The van der Waals surface area contributed by atoms with Gasteiger partial charge in [0.25, 0.3) is 5.56 Å². The van der Waals surface area contributed by atoms with Crippen molar-refractivity contribution in [2.24, 2.45) is 0 Å². The van der Waals surface area contributed by atoms with Gasteiger partial charge in [-0.15, -0.1) is 11.6 Å². The average molecular weight is 277 g/mol. The van der Waals surface area contributed by atoms with E-state index in [2.05, 4.69) is 10.1 Å². The molecule has 0 radical (unpaired) electrons. The van der Waals surface area contributed by atoms with Gasteiger partial charge >= 0.3 is 0 Å². The fourth-order valence-corrected chi connectivity index (χ4v) is 2.29. The van der Waals surface area contributed by atoms with E-state index in [0.717, 1.165) is 12.8 Å². The lowest BCUT2D eigenvalue weighted by Crippen LogP contribution is -2.15. The molecule has 0 saturated carbocycles. The molecule has 0 atom stereocenters. The van der Waals surface area contributed by atoms with Gasteiger partial charge in [-0.2, -0.15) is 5.10 Å². The first-order valence-corrected chi connectivity index (χ1v) is 6.73. The maximum Gasteiger partial charge on any atom is 0.268 e. The largest absolute Gasteiger partial charge is 0.268 e. The Balaban J connectivity index is 2.15. The molecular weight excluding hydrogens is 264 g/mol. The number of halogens is 1. The lowest BCUT2D eigenvalue weighted by Gasteiger charge is -2.02. The number of hydrogen-bond donors (Lipinski definition) is 0. The third-order valence-corrected chi connectivity index (χ3v) is 3.35. The Bertz CT molecular complexity index is 777. The van der Waals surface area contributed by atoms with Crippen LogP contribution in [0.15, 0.2) is 35.4 Å². The van der Waals surface area contributed by atoms with Gasteiger partial charge in [0.15, 0.2) is 0 Å². The summed E-state index contributed by atoms with van der Waals surface area (Å²) < 4.78 is 3.24. The molecule has 0 saturated heterocycles. The summed E-state index contributed by atoms with van der Waals surface area (Å²) in [5, 5.41) is 4.84. The number of rotatable bonds is 4. The van der Waals surface area contributed by atoms with Crippen LogP contribution in [0.25, 0.3) is 16.7 Å². The van der Waals surface area contributed by atoms with Crippen LogP contribution in [0.5, 0.6) is 0 Å². The van der Waals surface area contributed by atoms with E-state index in [0.29, 0.717) is 29.1 Å². The SMILES string of the molecule is O=c1c2ccccc2nc2n(CCCCCl)ncn12. The van der Waals surface area contributed by atoms with Gasteiger partial charge in [-0.1, -0.05) is 12.1 Å². The van der Waals surface area contributed by atoms with Crippen LogP contribution in [-0.2, 0) is 6.54 Å². The Morgan fingerprint density at radius 3 is 2.89 bits per heavy atom. The first-order chi connectivity index (χ1) is 9.31. The van der Waals surface area contributed by atoms with Gasteiger partial charge in [0.1, 0.15) is 6.33 Å². The van der Waals surface area contributed by atoms with E-state index < -0.39 is 0 Å². The lowest BCUT2D eigenvalue weighted by atomic mass is 10.2. The lowest BCUT2D eigenvalue weighted by molar-refractivity contribution is 0.585. The van der Waals surface area contributed by atoms with Crippen LogP contribution >= 0.6 is 11.6 Å². The quantitative estimate of drug-likeness (QED) is 0.541. The van der Waals surface area contributed by atoms with Crippen molar-refractivity contribution in [1.29, 1.82) is 0 Å². The molecule has 3 rings (SSSR count). The van der Waals surface area contributed by atoms with Crippen molar-refractivity contribution in [1.82, 2.24) is 19.2 Å². The maximum atomic E-state index is 12.3. The zero-order valence-corrected chi connectivity index (χ0v) is 11.0. The number of hydrogen-bond acceptors (Lipinski definition) is 3. The van der Waals surface area contributed by atoms with Crippen LogP contribution in [-0.4, -0.2) is 25.0 Å². The molecule has 0 aliphatic rings. The summed E-state index contributed by atoms with van der Waals surface area (Å²) in [6, 6.07) is 7.33. The van der Waals surface area contributed by atoms with Crippen molar-refractivity contribution in [3.8, 4) is 0 Å². The Labute approximate surface area is 114 Å². The van der Waals surface area contributed by atoms with Crippen LogP contribution in [0.4, 0.5) is 0 Å². The zero-order chi connectivity index (χ0) is 13.2. The standard InChI is InChI=1S/C13H13ClN4O/c14-7-3-4-8-18-13-16-11-6-2-1-5-10(11)12(19)17(13)9-15-18/h1-2,5-6,9H,3-4,7-8H2. The number of fused-ring (bicyclic) bond motifs is 2. The Hall–Kier alpha value is -1.88. The molecule has 98 valence electrons. The predicted molar refractivity (Wildman–Crippen MR) is 74.7 cm³/mol. The van der Waals surface area contributed by atoms with Crippen molar-refractivity contribution in [2.75, 3.05) is 5.88 Å². The first-order valence-electron chi connectivity index (χ1n) is 6.20. The summed E-state index contributed by atoms with van der Waals surface area (Å²) in [6.45, 7) is 0.716. The summed E-state index contributed by atoms with van der Waals surface area (Å²) in [7, 11) is 0. The monoisotopic (exact) mass is 276 g/mol. The fraction of sp³-hybridized carbons (Fsp3) is 0.308. The first kappa shape index (κ1) is 12.2. The number of alkyl halides is 1. The molecule has 5 nitrogen and oxygen atoms in total. The van der Waals surface area contributed by atoms with Gasteiger partial charge in [-0.05, 0) is 25.0 Å². The zero-order valence-electron chi connectivity index (χ0n) is 10.3. The van der Waals surface area contributed by atoms with E-state index >= 15 is 0 Å². The molecule has 6 heteroatoms. The minimum absolute atomic E-state index is 0.0795. The van der Waals surface area contributed by atoms with Gasteiger partial charge in [0.2, 0.25) is 5.78 Å². The smallest absolute Gasteiger partial charge is 0.268 e. The molecule has 1 aromatic carbocycles. The summed E-state index contributed by atoms with van der Waals surface area (Å²) in [5.74, 6) is 1.22. The molecule has 0 unspecified atom stereocenters. The minimum atomic E-state index is -0.0795. The highest BCUT2D eigenvalue weighted by molar-refractivity contribution is 6.17. The van der Waals surface area contributed by atoms with Gasteiger partial charge < -0.3 is 0 Å². The van der Waals surface area contributed by atoms with Crippen LogP contribution in [0.1, 0.15) is 12.8 Å². The summed E-state index contributed by atoms with van der Waals surface area (Å²) in [5.41, 5.74) is 0.621. The molecule has 2 aromatic heterocycles. The van der Waals surface area contributed by atoms with Crippen molar-refractivity contribution in [3.63, 3.8) is 0 Å². The van der Waals surface area contributed by atoms with Crippen LogP contribution in [0.3, 0.4) is 0 Å². The van der Waals surface area contributed by atoms with Crippen molar-refractivity contribution in [3.05, 3.63) is 40.9 Å². The summed E-state index contributed by atoms with van der Waals surface area (Å²) in [6.07, 6.45) is 3.37. The Kier molecular flexibility index (Phi) is 3.21. The third-order valence-electron chi connectivity index (χ3n) is 3.08. The molecule has 0 amide bonds. The molecule has 0 aliphatic carbocycles. The van der Waals surface area contributed by atoms with Crippen LogP contribution in [0.2, 0.25) is 0 Å². The molecular formula is C13H13ClN4O. The second-order valence-corrected chi connectivity index (χ2v) is 4.73. The fourth-order valence-electron chi connectivity index (χ4n) is 2.10. The van der Waals surface area contributed by atoms with Crippen molar-refractivity contribution in [2.45, 2.75) is 19.4 Å². The van der Waals surface area contributed by atoms with Crippen molar-refractivity contribution >= 4 is 28.3 Å². The number of para-hydroxylation sites is 1. The molecule has 0 bridgehead atoms. The summed E-state index contributed by atoms with van der Waals surface area (Å²) >= 11 is 5.66.